The predicted octanol–water partition coefficient (Wildman–Crippen LogP) is 1.41. The van der Waals surface area contributed by atoms with Crippen LogP contribution in [0, 0.1) is 0 Å². The molecule has 20 heavy (non-hydrogen) atoms. The summed E-state index contributed by atoms with van der Waals surface area (Å²) in [6.45, 7) is 3.95. The second-order valence-corrected chi connectivity index (χ2v) is 4.40. The van der Waals surface area contributed by atoms with Gasteiger partial charge in [-0.25, -0.2) is 4.79 Å². The van der Waals surface area contributed by atoms with E-state index >= 15 is 0 Å². The molecule has 1 unspecified atom stereocenters. The molecule has 112 valence electrons. The van der Waals surface area contributed by atoms with Gasteiger partial charge in [0, 0.05) is 19.1 Å². The fourth-order valence-electron chi connectivity index (χ4n) is 1.84. The van der Waals surface area contributed by atoms with Crippen molar-refractivity contribution in [1.29, 1.82) is 0 Å². The Kier molecular flexibility index (Phi) is 6.17. The number of amides is 1. The van der Waals surface area contributed by atoms with Crippen LogP contribution in [-0.2, 0) is 9.53 Å². The summed E-state index contributed by atoms with van der Waals surface area (Å²) < 4.78 is 9.70. The minimum atomic E-state index is -1.14. The Morgan fingerprint density at radius 3 is 2.60 bits per heavy atom. The van der Waals surface area contributed by atoms with Gasteiger partial charge in [0.2, 0.25) is 5.76 Å². The van der Waals surface area contributed by atoms with Gasteiger partial charge in [-0.1, -0.05) is 19.0 Å². The molecule has 2 N–H and O–H groups in total. The van der Waals surface area contributed by atoms with Crippen molar-refractivity contribution in [2.75, 3.05) is 13.7 Å². The molecule has 7 nitrogen and oxygen atoms in total. The molecule has 0 fully saturated rings. The second kappa shape index (κ2) is 7.64. The first-order chi connectivity index (χ1) is 9.53. The minimum absolute atomic E-state index is 0.0761. The van der Waals surface area contributed by atoms with E-state index in [1.54, 1.807) is 6.07 Å². The third kappa shape index (κ3) is 4.06. The van der Waals surface area contributed by atoms with Gasteiger partial charge in [0.05, 0.1) is 12.2 Å². The SMILES string of the molecule is CCC(CC)c1cc(C(=O)NCC(OC)C(=O)O)on1. The zero-order chi connectivity index (χ0) is 15.1. The normalized spacial score (nSPS) is 12.4. The summed E-state index contributed by atoms with van der Waals surface area (Å²) in [6, 6.07) is 1.59. The number of hydrogen-bond donors (Lipinski definition) is 2. The minimum Gasteiger partial charge on any atom is -0.479 e. The first-order valence-corrected chi connectivity index (χ1v) is 6.53. The van der Waals surface area contributed by atoms with Gasteiger partial charge < -0.3 is 19.7 Å². The van der Waals surface area contributed by atoms with Crippen LogP contribution in [0.15, 0.2) is 10.6 Å². The fraction of sp³-hybridized carbons (Fsp3) is 0.615. The van der Waals surface area contributed by atoms with Crippen LogP contribution < -0.4 is 5.32 Å². The lowest BCUT2D eigenvalue weighted by Crippen LogP contribution is -2.37. The Bertz CT molecular complexity index is 453. The lowest BCUT2D eigenvalue weighted by molar-refractivity contribution is -0.148. The summed E-state index contributed by atoms with van der Waals surface area (Å²) in [5.41, 5.74) is 0.738. The summed E-state index contributed by atoms with van der Waals surface area (Å²) in [6.07, 6.45) is 0.740. The Morgan fingerprint density at radius 1 is 1.45 bits per heavy atom. The standard InChI is InChI=1S/C13H20N2O5/c1-4-8(5-2)9-6-10(20-15-9)12(16)14-7-11(19-3)13(17)18/h6,8,11H,4-5,7H2,1-3H3,(H,14,16)(H,17,18). The highest BCUT2D eigenvalue weighted by Crippen LogP contribution is 2.22. The van der Waals surface area contributed by atoms with E-state index in [-0.39, 0.29) is 18.2 Å². The molecule has 1 aromatic heterocycles. The number of aromatic nitrogens is 1. The van der Waals surface area contributed by atoms with E-state index < -0.39 is 18.0 Å². The maximum absolute atomic E-state index is 11.8. The van der Waals surface area contributed by atoms with Crippen molar-refractivity contribution in [3.63, 3.8) is 0 Å². The number of carbonyl (C=O) groups excluding carboxylic acids is 1. The van der Waals surface area contributed by atoms with Gasteiger partial charge in [-0.15, -0.1) is 0 Å². The summed E-state index contributed by atoms with van der Waals surface area (Å²) >= 11 is 0. The maximum atomic E-state index is 11.8. The molecule has 0 bridgehead atoms. The van der Waals surface area contributed by atoms with E-state index in [4.69, 9.17) is 14.4 Å². The lowest BCUT2D eigenvalue weighted by atomic mass is 9.99. The Labute approximate surface area is 117 Å². The van der Waals surface area contributed by atoms with Crippen LogP contribution in [-0.4, -0.2) is 41.9 Å². The zero-order valence-electron chi connectivity index (χ0n) is 11.9. The van der Waals surface area contributed by atoms with Gasteiger partial charge in [0.25, 0.3) is 5.91 Å². The van der Waals surface area contributed by atoms with Crippen molar-refractivity contribution < 1.29 is 24.0 Å². The zero-order valence-corrected chi connectivity index (χ0v) is 11.9. The van der Waals surface area contributed by atoms with Crippen LogP contribution >= 0.6 is 0 Å². The average Bonchev–Trinajstić information content (AvgIpc) is 2.90. The van der Waals surface area contributed by atoms with Gasteiger partial charge in [-0.3, -0.25) is 4.79 Å². The van der Waals surface area contributed by atoms with E-state index in [0.717, 1.165) is 18.5 Å². The van der Waals surface area contributed by atoms with Crippen LogP contribution in [0.5, 0.6) is 0 Å². The van der Waals surface area contributed by atoms with E-state index in [9.17, 15) is 9.59 Å². The van der Waals surface area contributed by atoms with Crippen molar-refractivity contribution in [3.05, 3.63) is 17.5 Å². The molecule has 0 aliphatic heterocycles. The number of carboxylic acid groups (broad SMARTS) is 1. The van der Waals surface area contributed by atoms with Crippen LogP contribution in [0.2, 0.25) is 0 Å². The first-order valence-electron chi connectivity index (χ1n) is 6.53. The average molecular weight is 284 g/mol. The number of nitrogens with one attached hydrogen (secondary N) is 1. The van der Waals surface area contributed by atoms with E-state index in [1.807, 2.05) is 13.8 Å². The van der Waals surface area contributed by atoms with Gasteiger partial charge >= 0.3 is 5.97 Å². The molecule has 0 saturated carbocycles. The number of carboxylic acids is 1. The molecule has 1 aromatic rings. The highest BCUT2D eigenvalue weighted by atomic mass is 16.5. The van der Waals surface area contributed by atoms with E-state index in [0.29, 0.717) is 0 Å². The Morgan fingerprint density at radius 2 is 2.10 bits per heavy atom. The van der Waals surface area contributed by atoms with Gasteiger partial charge in [-0.2, -0.15) is 0 Å². The number of aliphatic carboxylic acids is 1. The van der Waals surface area contributed by atoms with E-state index in [1.165, 1.54) is 7.11 Å². The third-order valence-corrected chi connectivity index (χ3v) is 3.16. The van der Waals surface area contributed by atoms with Crippen molar-refractivity contribution in [2.45, 2.75) is 38.7 Å². The van der Waals surface area contributed by atoms with Crippen LogP contribution in [0.4, 0.5) is 0 Å². The smallest absolute Gasteiger partial charge is 0.334 e. The number of rotatable bonds is 8. The predicted molar refractivity (Wildman–Crippen MR) is 70.6 cm³/mol. The summed E-state index contributed by atoms with van der Waals surface area (Å²) in [5.74, 6) is -1.31. The summed E-state index contributed by atoms with van der Waals surface area (Å²) in [7, 11) is 1.27. The molecule has 1 heterocycles. The number of methoxy groups -OCH3 is 1. The molecule has 7 heteroatoms. The van der Waals surface area contributed by atoms with Crippen molar-refractivity contribution >= 4 is 11.9 Å². The van der Waals surface area contributed by atoms with Gasteiger partial charge in [0.15, 0.2) is 6.10 Å². The van der Waals surface area contributed by atoms with Crippen molar-refractivity contribution in [3.8, 4) is 0 Å². The quantitative estimate of drug-likeness (QED) is 0.748. The number of hydrogen-bond acceptors (Lipinski definition) is 5. The van der Waals surface area contributed by atoms with Crippen molar-refractivity contribution in [2.24, 2.45) is 0 Å². The third-order valence-electron chi connectivity index (χ3n) is 3.16. The molecule has 0 aliphatic carbocycles. The largest absolute Gasteiger partial charge is 0.479 e. The van der Waals surface area contributed by atoms with Gasteiger partial charge in [-0.05, 0) is 12.8 Å². The number of nitrogens with zero attached hydrogens (tertiary/aromatic N) is 1. The van der Waals surface area contributed by atoms with Crippen LogP contribution in [0.25, 0.3) is 0 Å². The molecule has 0 radical (unpaired) electrons. The summed E-state index contributed by atoms with van der Waals surface area (Å²) in [4.78, 5) is 22.5. The van der Waals surface area contributed by atoms with Crippen LogP contribution in [0.3, 0.4) is 0 Å². The number of ether oxygens (including phenoxy) is 1. The first kappa shape index (κ1) is 16.2. The van der Waals surface area contributed by atoms with E-state index in [2.05, 4.69) is 10.5 Å². The van der Waals surface area contributed by atoms with Crippen molar-refractivity contribution in [1.82, 2.24) is 10.5 Å². The molecule has 0 aromatic carbocycles. The molecule has 1 rings (SSSR count). The summed E-state index contributed by atoms with van der Waals surface area (Å²) in [5, 5.41) is 15.1. The molecule has 0 spiro atoms. The molecule has 1 atom stereocenters. The Balaban J connectivity index is 2.62. The number of carbonyl (C=O) groups is 2. The maximum Gasteiger partial charge on any atom is 0.334 e. The topological polar surface area (TPSA) is 102 Å². The van der Waals surface area contributed by atoms with Gasteiger partial charge in [0.1, 0.15) is 0 Å². The fourth-order valence-corrected chi connectivity index (χ4v) is 1.84. The van der Waals surface area contributed by atoms with Crippen LogP contribution in [0.1, 0.15) is 48.9 Å². The molecule has 0 aliphatic rings. The second-order valence-electron chi connectivity index (χ2n) is 4.40. The molecule has 1 amide bonds. The lowest BCUT2D eigenvalue weighted by Gasteiger charge is -2.10. The highest BCUT2D eigenvalue weighted by molar-refractivity contribution is 5.91. The monoisotopic (exact) mass is 284 g/mol. The molecular formula is C13H20N2O5. The molecule has 0 saturated heterocycles. The molecular weight excluding hydrogens is 264 g/mol. The highest BCUT2D eigenvalue weighted by Gasteiger charge is 2.21. The Hall–Kier alpha value is -1.89.